The monoisotopic (exact) mass is 549 g/mol. The van der Waals surface area contributed by atoms with E-state index in [0.717, 1.165) is 30.7 Å². The van der Waals surface area contributed by atoms with Crippen LogP contribution in [-0.2, 0) is 16.1 Å². The summed E-state index contributed by atoms with van der Waals surface area (Å²) in [5, 5.41) is 11.8. The van der Waals surface area contributed by atoms with Crippen LogP contribution in [0.1, 0.15) is 81.6 Å². The summed E-state index contributed by atoms with van der Waals surface area (Å²) in [7, 11) is 0. The minimum absolute atomic E-state index is 0.0190. The molecule has 0 spiro atoms. The molecule has 3 unspecified atom stereocenters. The molecule has 1 heterocycles. The average molecular weight is 550 g/mol. The largest absolute Gasteiger partial charge is 0.491 e. The lowest BCUT2D eigenvalue weighted by molar-refractivity contribution is -0.166. The fourth-order valence-electron chi connectivity index (χ4n) is 5.43. The van der Waals surface area contributed by atoms with Gasteiger partial charge in [-0.2, -0.15) is 0 Å². The average Bonchev–Trinajstić information content (AvgIpc) is 3.26. The lowest BCUT2D eigenvalue weighted by Crippen LogP contribution is -2.44. The Balaban J connectivity index is 1.52. The number of benzene rings is 2. The molecule has 0 bridgehead atoms. The number of aliphatic hydroxyl groups is 1. The van der Waals surface area contributed by atoms with E-state index in [1.807, 2.05) is 19.1 Å². The third kappa shape index (κ3) is 7.90. The Kier molecular flexibility index (Phi) is 10.2. The quantitative estimate of drug-likeness (QED) is 0.230. The molecule has 3 aromatic rings. The van der Waals surface area contributed by atoms with Gasteiger partial charge in [0.15, 0.2) is 0 Å². The molecule has 0 fully saturated rings. The first kappa shape index (κ1) is 31.7. The maximum Gasteiger partial charge on any atom is 0.312 e. The van der Waals surface area contributed by atoms with Crippen LogP contribution in [0, 0.1) is 22.2 Å². The molecule has 40 heavy (non-hydrogen) atoms. The number of nitrogens with zero attached hydrogens (tertiary/aromatic N) is 1. The summed E-state index contributed by atoms with van der Waals surface area (Å²) < 4.78 is 14.1. The van der Waals surface area contributed by atoms with Crippen molar-refractivity contribution in [3.05, 3.63) is 54.6 Å². The summed E-state index contributed by atoms with van der Waals surface area (Å²) in [6, 6.07) is 18.7. The number of carbonyl (C=O) groups excluding carboxylic acids is 1. The highest BCUT2D eigenvalue weighted by Crippen LogP contribution is 2.47. The third-order valence-corrected chi connectivity index (χ3v) is 8.19. The molecular formula is C35H51NO4. The zero-order valence-corrected chi connectivity index (χ0v) is 26.2. The molecule has 0 aliphatic heterocycles. The molecule has 0 aliphatic carbocycles. The molecule has 5 nitrogen and oxygen atoms in total. The lowest BCUT2D eigenvalue weighted by Gasteiger charge is -2.43. The van der Waals surface area contributed by atoms with Gasteiger partial charge in [0, 0.05) is 23.7 Å². The van der Waals surface area contributed by atoms with Crippen molar-refractivity contribution in [3.63, 3.8) is 0 Å². The van der Waals surface area contributed by atoms with E-state index in [4.69, 9.17) is 9.47 Å². The molecule has 220 valence electrons. The molecule has 0 saturated carbocycles. The number of rotatable bonds is 12. The highest BCUT2D eigenvalue weighted by molar-refractivity contribution is 5.88. The molecule has 3 atom stereocenters. The van der Waals surface area contributed by atoms with Gasteiger partial charge in [0.2, 0.25) is 0 Å². The number of aryl methyl sites for hydroxylation is 1. The van der Waals surface area contributed by atoms with Crippen molar-refractivity contribution in [3.8, 4) is 17.0 Å². The maximum atomic E-state index is 13.2. The maximum absolute atomic E-state index is 13.2. The van der Waals surface area contributed by atoms with Crippen LogP contribution >= 0.6 is 0 Å². The van der Waals surface area contributed by atoms with Crippen LogP contribution in [0.15, 0.2) is 54.6 Å². The Hall–Kier alpha value is -2.79. The number of esters is 1. The fraction of sp³-hybridized carbons (Fsp3) is 0.571. The van der Waals surface area contributed by atoms with Crippen LogP contribution in [0.4, 0.5) is 0 Å². The van der Waals surface area contributed by atoms with Crippen LogP contribution in [0.25, 0.3) is 22.2 Å². The van der Waals surface area contributed by atoms with Crippen molar-refractivity contribution in [1.82, 2.24) is 4.57 Å². The molecule has 1 aromatic heterocycles. The van der Waals surface area contributed by atoms with Gasteiger partial charge in [-0.25, -0.2) is 0 Å². The third-order valence-electron chi connectivity index (χ3n) is 8.19. The van der Waals surface area contributed by atoms with E-state index in [9.17, 15) is 9.90 Å². The standard InChI is InChI=1S/C35H51NO4/c1-10-36-30(26-14-12-11-13-15-26)20-27-17-19-29(21-31(27)36)39-23-28(37)18-16-25(2)22-40-32(38)35(9,34(6,7)8)24-33(3,4)5/h11-15,17,19-21,25,28,37H,10,16,18,22-24H2,1-9H3. The molecule has 0 saturated heterocycles. The second-order valence-corrected chi connectivity index (χ2v) is 13.9. The molecule has 0 radical (unpaired) electrons. The lowest BCUT2D eigenvalue weighted by atomic mass is 9.61. The molecule has 1 N–H and O–H groups in total. The van der Waals surface area contributed by atoms with E-state index in [-0.39, 0.29) is 29.3 Å². The van der Waals surface area contributed by atoms with Crippen molar-refractivity contribution in [2.24, 2.45) is 22.2 Å². The summed E-state index contributed by atoms with van der Waals surface area (Å²) >= 11 is 0. The minimum Gasteiger partial charge on any atom is -0.491 e. The van der Waals surface area contributed by atoms with Gasteiger partial charge < -0.3 is 19.1 Å². The van der Waals surface area contributed by atoms with Gasteiger partial charge in [-0.15, -0.1) is 0 Å². The highest BCUT2D eigenvalue weighted by Gasteiger charge is 2.47. The van der Waals surface area contributed by atoms with Crippen molar-refractivity contribution in [2.45, 2.75) is 94.2 Å². The van der Waals surface area contributed by atoms with Gasteiger partial charge >= 0.3 is 5.97 Å². The number of ether oxygens (including phenoxy) is 2. The SMILES string of the molecule is CCn1c(-c2ccccc2)cc2ccc(OCC(O)CCC(C)COC(=O)C(C)(CC(C)(C)C)C(C)(C)C)cc21. The fourth-order valence-corrected chi connectivity index (χ4v) is 5.43. The zero-order chi connectivity index (χ0) is 29.7. The number of aromatic nitrogens is 1. The number of hydrogen-bond acceptors (Lipinski definition) is 4. The van der Waals surface area contributed by atoms with E-state index in [2.05, 4.69) is 102 Å². The van der Waals surface area contributed by atoms with Crippen LogP contribution < -0.4 is 4.74 Å². The van der Waals surface area contributed by atoms with Gasteiger partial charge in [0.1, 0.15) is 12.4 Å². The van der Waals surface area contributed by atoms with Crippen LogP contribution in [0.3, 0.4) is 0 Å². The Labute approximate surface area is 241 Å². The van der Waals surface area contributed by atoms with Crippen molar-refractivity contribution in [2.75, 3.05) is 13.2 Å². The molecule has 0 aliphatic rings. The molecular weight excluding hydrogens is 498 g/mol. The van der Waals surface area contributed by atoms with E-state index in [0.29, 0.717) is 13.0 Å². The zero-order valence-electron chi connectivity index (χ0n) is 26.2. The number of fused-ring (bicyclic) bond motifs is 1. The highest BCUT2D eigenvalue weighted by atomic mass is 16.5. The predicted molar refractivity (Wildman–Crippen MR) is 166 cm³/mol. The van der Waals surface area contributed by atoms with Gasteiger partial charge in [-0.3, -0.25) is 4.79 Å². The first-order chi connectivity index (χ1) is 18.6. The smallest absolute Gasteiger partial charge is 0.312 e. The number of hydrogen-bond donors (Lipinski definition) is 1. The Morgan fingerprint density at radius 1 is 0.925 bits per heavy atom. The van der Waals surface area contributed by atoms with E-state index >= 15 is 0 Å². The van der Waals surface area contributed by atoms with Gasteiger partial charge in [0.25, 0.3) is 0 Å². The molecule has 0 amide bonds. The summed E-state index contributed by atoms with van der Waals surface area (Å²) in [4.78, 5) is 13.2. The topological polar surface area (TPSA) is 60.7 Å². The van der Waals surface area contributed by atoms with Crippen LogP contribution in [0.5, 0.6) is 5.75 Å². The first-order valence-electron chi connectivity index (χ1n) is 14.8. The predicted octanol–water partition coefficient (Wildman–Crippen LogP) is 8.52. The van der Waals surface area contributed by atoms with Crippen molar-refractivity contribution >= 4 is 16.9 Å². The van der Waals surface area contributed by atoms with E-state index < -0.39 is 11.5 Å². The van der Waals surface area contributed by atoms with Gasteiger partial charge in [-0.05, 0) is 73.6 Å². The Morgan fingerprint density at radius 3 is 2.20 bits per heavy atom. The second kappa shape index (κ2) is 12.8. The summed E-state index contributed by atoms with van der Waals surface area (Å²) in [6.07, 6.45) is 1.51. The van der Waals surface area contributed by atoms with Crippen molar-refractivity contribution < 1.29 is 19.4 Å². The van der Waals surface area contributed by atoms with E-state index in [1.165, 1.54) is 16.6 Å². The van der Waals surface area contributed by atoms with Gasteiger partial charge in [0.05, 0.1) is 23.6 Å². The number of aliphatic hydroxyl groups excluding tert-OH is 1. The Morgan fingerprint density at radius 2 is 1.60 bits per heavy atom. The molecule has 3 rings (SSSR count). The second-order valence-electron chi connectivity index (χ2n) is 13.9. The minimum atomic E-state index is -0.590. The van der Waals surface area contributed by atoms with Crippen LogP contribution in [-0.4, -0.2) is 35.0 Å². The first-order valence-corrected chi connectivity index (χ1v) is 14.8. The van der Waals surface area contributed by atoms with Gasteiger partial charge in [-0.1, -0.05) is 78.8 Å². The molecule has 5 heteroatoms. The van der Waals surface area contributed by atoms with Crippen LogP contribution in [0.2, 0.25) is 0 Å². The summed E-state index contributed by atoms with van der Waals surface area (Å²) in [5.74, 6) is 0.771. The Bertz CT molecular complexity index is 1250. The molecule has 2 aromatic carbocycles. The van der Waals surface area contributed by atoms with E-state index in [1.54, 1.807) is 0 Å². The normalized spacial score (nSPS) is 15.4. The summed E-state index contributed by atoms with van der Waals surface area (Å²) in [5.41, 5.74) is 2.74. The van der Waals surface area contributed by atoms with Crippen molar-refractivity contribution in [1.29, 1.82) is 0 Å². The number of carbonyl (C=O) groups is 1. The summed E-state index contributed by atoms with van der Waals surface area (Å²) in [6.45, 7) is 20.5.